The Bertz CT molecular complexity index is 502. The molecule has 2 rings (SSSR count). The Kier molecular flexibility index (Phi) is 4.01. The molecule has 0 saturated carbocycles. The Labute approximate surface area is 105 Å². The molecule has 0 amide bonds. The fourth-order valence-corrected chi connectivity index (χ4v) is 2.40. The smallest absolute Gasteiger partial charge is 0.132 e. The van der Waals surface area contributed by atoms with Crippen LogP contribution in [-0.4, -0.2) is 12.1 Å². The van der Waals surface area contributed by atoms with Crippen LogP contribution in [0.1, 0.15) is 5.56 Å². The summed E-state index contributed by atoms with van der Waals surface area (Å²) in [7, 11) is 1.67. The molecule has 0 aliphatic carbocycles. The Morgan fingerprint density at radius 1 is 1.29 bits per heavy atom. The van der Waals surface area contributed by atoms with Crippen molar-refractivity contribution in [3.63, 3.8) is 0 Å². The molecular weight excluding hydrogens is 232 g/mol. The van der Waals surface area contributed by atoms with Crippen LogP contribution < -0.4 is 10.5 Å². The minimum atomic E-state index is 0.530. The van der Waals surface area contributed by atoms with Gasteiger partial charge in [0.05, 0.1) is 12.0 Å². The lowest BCUT2D eigenvalue weighted by molar-refractivity contribution is 0.405. The van der Waals surface area contributed by atoms with E-state index in [1.807, 2.05) is 36.4 Å². The van der Waals surface area contributed by atoms with Crippen LogP contribution >= 0.6 is 11.8 Å². The third-order valence-electron chi connectivity index (χ3n) is 2.32. The summed E-state index contributed by atoms with van der Waals surface area (Å²) in [5.74, 6) is 0.859. The van der Waals surface area contributed by atoms with Crippen molar-refractivity contribution in [1.29, 1.82) is 0 Å². The van der Waals surface area contributed by atoms with Crippen molar-refractivity contribution >= 4 is 11.8 Å². The molecule has 0 saturated heterocycles. The van der Waals surface area contributed by atoms with Crippen LogP contribution in [-0.2, 0) is 6.54 Å². The Hall–Kier alpha value is -1.52. The number of hydrogen-bond acceptors (Lipinski definition) is 4. The van der Waals surface area contributed by atoms with Gasteiger partial charge in [0, 0.05) is 12.7 Å². The van der Waals surface area contributed by atoms with Crippen molar-refractivity contribution in [2.24, 2.45) is 5.73 Å². The third kappa shape index (κ3) is 2.99. The van der Waals surface area contributed by atoms with Crippen LogP contribution in [0.3, 0.4) is 0 Å². The second kappa shape index (κ2) is 5.70. The lowest BCUT2D eigenvalue weighted by atomic mass is 10.3. The maximum Gasteiger partial charge on any atom is 0.132 e. The molecule has 3 nitrogen and oxygen atoms in total. The lowest BCUT2D eigenvalue weighted by Crippen LogP contribution is -1.96. The van der Waals surface area contributed by atoms with Gasteiger partial charge in [-0.05, 0) is 29.8 Å². The van der Waals surface area contributed by atoms with E-state index in [0.717, 1.165) is 21.2 Å². The highest BCUT2D eigenvalue weighted by atomic mass is 32.2. The third-order valence-corrected chi connectivity index (χ3v) is 3.31. The fraction of sp³-hybridized carbons (Fsp3) is 0.154. The monoisotopic (exact) mass is 246 g/mol. The average molecular weight is 246 g/mol. The van der Waals surface area contributed by atoms with Gasteiger partial charge in [-0.15, -0.1) is 0 Å². The van der Waals surface area contributed by atoms with Gasteiger partial charge in [0.1, 0.15) is 10.8 Å². The summed E-state index contributed by atoms with van der Waals surface area (Å²) in [5.41, 5.74) is 6.69. The minimum absolute atomic E-state index is 0.530. The molecule has 4 heteroatoms. The highest BCUT2D eigenvalue weighted by Gasteiger charge is 2.05. The molecular formula is C13H14N2OS. The quantitative estimate of drug-likeness (QED) is 0.901. The van der Waals surface area contributed by atoms with Gasteiger partial charge in [-0.25, -0.2) is 4.98 Å². The van der Waals surface area contributed by atoms with E-state index in [9.17, 15) is 0 Å². The van der Waals surface area contributed by atoms with E-state index in [1.165, 1.54) is 0 Å². The average Bonchev–Trinajstić information content (AvgIpc) is 2.39. The first-order chi connectivity index (χ1) is 8.33. The Balaban J connectivity index is 2.24. The van der Waals surface area contributed by atoms with Gasteiger partial charge in [-0.1, -0.05) is 23.9 Å². The van der Waals surface area contributed by atoms with E-state index in [2.05, 4.69) is 4.98 Å². The highest BCUT2D eigenvalue weighted by Crippen LogP contribution is 2.33. The second-order valence-electron chi connectivity index (χ2n) is 3.46. The zero-order chi connectivity index (χ0) is 12.1. The number of para-hydroxylation sites is 1. The van der Waals surface area contributed by atoms with Gasteiger partial charge in [0.2, 0.25) is 0 Å². The number of pyridine rings is 1. The first-order valence-corrected chi connectivity index (χ1v) is 6.11. The summed E-state index contributed by atoms with van der Waals surface area (Å²) in [4.78, 5) is 5.36. The number of hydrogen-bond donors (Lipinski definition) is 1. The van der Waals surface area contributed by atoms with Gasteiger partial charge in [-0.3, -0.25) is 0 Å². The van der Waals surface area contributed by atoms with Crippen molar-refractivity contribution in [3.05, 3.63) is 48.2 Å². The van der Waals surface area contributed by atoms with E-state index >= 15 is 0 Å². The summed E-state index contributed by atoms with van der Waals surface area (Å²) in [5, 5.41) is 0.928. The number of methoxy groups -OCH3 is 1. The number of rotatable bonds is 4. The zero-order valence-corrected chi connectivity index (χ0v) is 10.4. The van der Waals surface area contributed by atoms with Crippen molar-refractivity contribution in [3.8, 4) is 5.75 Å². The van der Waals surface area contributed by atoms with E-state index < -0.39 is 0 Å². The summed E-state index contributed by atoms with van der Waals surface area (Å²) in [6.45, 7) is 0.530. The number of nitrogens with zero attached hydrogens (tertiary/aromatic N) is 1. The molecule has 0 radical (unpaired) electrons. The molecule has 0 spiro atoms. The van der Waals surface area contributed by atoms with Gasteiger partial charge in [0.15, 0.2) is 0 Å². The molecule has 0 unspecified atom stereocenters. The molecule has 0 atom stereocenters. The second-order valence-corrected chi connectivity index (χ2v) is 4.52. The molecule has 2 aromatic rings. The van der Waals surface area contributed by atoms with E-state index in [0.29, 0.717) is 6.54 Å². The maximum atomic E-state index is 5.61. The van der Waals surface area contributed by atoms with Gasteiger partial charge < -0.3 is 10.5 Å². The molecule has 0 bridgehead atoms. The summed E-state index contributed by atoms with van der Waals surface area (Å²) >= 11 is 1.58. The summed E-state index contributed by atoms with van der Waals surface area (Å²) in [6.07, 6.45) is 1.78. The van der Waals surface area contributed by atoms with Crippen LogP contribution in [0.25, 0.3) is 0 Å². The predicted octanol–water partition coefficient (Wildman–Crippen LogP) is 2.70. The van der Waals surface area contributed by atoms with Gasteiger partial charge in [-0.2, -0.15) is 0 Å². The SMILES string of the molecule is COc1ccccc1Sc1cc(CN)ccn1. The predicted molar refractivity (Wildman–Crippen MR) is 69.2 cm³/mol. The molecule has 1 heterocycles. The first kappa shape index (κ1) is 12.0. The van der Waals surface area contributed by atoms with Crippen LogP contribution in [0.15, 0.2) is 52.5 Å². The van der Waals surface area contributed by atoms with E-state index in [4.69, 9.17) is 10.5 Å². The zero-order valence-electron chi connectivity index (χ0n) is 9.59. The van der Waals surface area contributed by atoms with Crippen molar-refractivity contribution in [2.45, 2.75) is 16.5 Å². The van der Waals surface area contributed by atoms with E-state index in [-0.39, 0.29) is 0 Å². The molecule has 0 fully saturated rings. The van der Waals surface area contributed by atoms with Crippen LogP contribution in [0.4, 0.5) is 0 Å². The lowest BCUT2D eigenvalue weighted by Gasteiger charge is -2.07. The maximum absolute atomic E-state index is 5.61. The number of benzene rings is 1. The fourth-order valence-electron chi connectivity index (χ4n) is 1.45. The molecule has 88 valence electrons. The van der Waals surface area contributed by atoms with Crippen molar-refractivity contribution in [2.75, 3.05) is 7.11 Å². The molecule has 17 heavy (non-hydrogen) atoms. The topological polar surface area (TPSA) is 48.1 Å². The number of aromatic nitrogens is 1. The van der Waals surface area contributed by atoms with Crippen LogP contribution in [0.5, 0.6) is 5.75 Å². The molecule has 1 aromatic carbocycles. The molecule has 0 aliphatic rings. The number of nitrogens with two attached hydrogens (primary N) is 1. The van der Waals surface area contributed by atoms with Crippen LogP contribution in [0.2, 0.25) is 0 Å². The Morgan fingerprint density at radius 3 is 2.88 bits per heavy atom. The summed E-state index contributed by atoms with van der Waals surface area (Å²) < 4.78 is 5.30. The van der Waals surface area contributed by atoms with E-state index in [1.54, 1.807) is 25.1 Å². The molecule has 1 aromatic heterocycles. The van der Waals surface area contributed by atoms with Gasteiger partial charge >= 0.3 is 0 Å². The number of ether oxygens (including phenoxy) is 1. The highest BCUT2D eigenvalue weighted by molar-refractivity contribution is 7.99. The largest absolute Gasteiger partial charge is 0.496 e. The molecule has 0 aliphatic heterocycles. The van der Waals surface area contributed by atoms with Crippen molar-refractivity contribution in [1.82, 2.24) is 4.98 Å². The first-order valence-electron chi connectivity index (χ1n) is 5.29. The molecule has 2 N–H and O–H groups in total. The standard InChI is InChI=1S/C13H14N2OS/c1-16-11-4-2-3-5-12(11)17-13-8-10(9-14)6-7-15-13/h2-8H,9,14H2,1H3. The minimum Gasteiger partial charge on any atom is -0.496 e. The Morgan fingerprint density at radius 2 is 2.12 bits per heavy atom. The summed E-state index contributed by atoms with van der Waals surface area (Å²) in [6, 6.07) is 11.8. The normalized spacial score (nSPS) is 10.2. The van der Waals surface area contributed by atoms with Crippen LogP contribution in [0, 0.1) is 0 Å². The van der Waals surface area contributed by atoms with Gasteiger partial charge in [0.25, 0.3) is 0 Å². The van der Waals surface area contributed by atoms with Crippen molar-refractivity contribution < 1.29 is 4.74 Å².